The normalized spacial score (nSPS) is 12.1. The van der Waals surface area contributed by atoms with Crippen LogP contribution in [0.15, 0.2) is 54.7 Å². The Morgan fingerprint density at radius 3 is 1.17 bits per heavy atom. The summed E-state index contributed by atoms with van der Waals surface area (Å²) in [6, 6.07) is 18.6. The maximum atomic E-state index is 14.2. The lowest BCUT2D eigenvalue weighted by Gasteiger charge is -2.29. The number of nitrogens with zero attached hydrogens (tertiary/aromatic N) is 1. The van der Waals surface area contributed by atoms with Gasteiger partial charge in [0.15, 0.2) is 23.3 Å². The van der Waals surface area contributed by atoms with Gasteiger partial charge in [0.2, 0.25) is 0 Å². The van der Waals surface area contributed by atoms with E-state index in [1.807, 2.05) is 36.4 Å². The second-order valence-electron chi connectivity index (χ2n) is 12.8. The van der Waals surface area contributed by atoms with E-state index in [1.165, 1.54) is 26.3 Å². The molecule has 0 spiro atoms. The minimum absolute atomic E-state index is 0.213. The molecular formula is C40H66F7NO12Si4. The van der Waals surface area contributed by atoms with Crippen molar-refractivity contribution in [1.29, 1.82) is 0 Å². The predicted molar refractivity (Wildman–Crippen MR) is 235 cm³/mol. The molecule has 0 saturated heterocycles. The van der Waals surface area contributed by atoms with Gasteiger partial charge in [-0.2, -0.15) is 13.2 Å². The van der Waals surface area contributed by atoms with Crippen molar-refractivity contribution < 1.29 is 83.8 Å². The summed E-state index contributed by atoms with van der Waals surface area (Å²) in [7, 11) is 3.14. The van der Waals surface area contributed by atoms with Crippen molar-refractivity contribution in [2.24, 2.45) is 0 Å². The molecule has 3 rings (SSSR count). The van der Waals surface area contributed by atoms with Gasteiger partial charge in [0.25, 0.3) is 0 Å². The zero-order valence-electron chi connectivity index (χ0n) is 39.1. The van der Waals surface area contributed by atoms with Crippen LogP contribution in [-0.2, 0) is 72.1 Å². The van der Waals surface area contributed by atoms with Gasteiger partial charge in [0.1, 0.15) is 5.56 Å². The van der Waals surface area contributed by atoms with Gasteiger partial charge >= 0.3 is 41.4 Å². The molecular weight excluding hydrogens is 932 g/mol. The number of hydrogen-bond donors (Lipinski definition) is 0. The standard InChI is InChI=1S/C13H15F7O3Si.C11H18O3Si.C10H17NO3Si.C6H16O3Si/c1-4-21-24(22-5-2,23-6-3)12-10(16)8(14)7(13(18,19)20)9(15)11(12)17;1-12-15(13-2,14-3)10-9-11-7-5-4-6-8-11;1-12-15(13-2,14-3)9-7-10-6-4-5-8-11-10;1-5-6-10(7-2,8-3)9-4/h4-6H2,1-3H3;4-8H,9-10H2,1-3H3;4-6,8H,7,9H2,1-3H3;5-6H2,1-4H3. The van der Waals surface area contributed by atoms with Crippen LogP contribution >= 0.6 is 0 Å². The van der Waals surface area contributed by atoms with Crippen molar-refractivity contribution in [3.05, 3.63) is 94.8 Å². The summed E-state index contributed by atoms with van der Waals surface area (Å²) in [5.41, 5.74) is -0.352. The highest BCUT2D eigenvalue weighted by molar-refractivity contribution is 6.75. The van der Waals surface area contributed by atoms with Gasteiger partial charge in [-0.3, -0.25) is 4.98 Å². The second-order valence-corrected chi connectivity index (χ2v) is 24.6. The third-order valence-electron chi connectivity index (χ3n) is 9.19. The Morgan fingerprint density at radius 2 is 0.859 bits per heavy atom. The molecule has 2 aromatic carbocycles. The quantitative estimate of drug-likeness (QED) is 0.0486. The molecule has 0 fully saturated rings. The molecule has 0 aliphatic rings. The molecule has 3 aromatic rings. The van der Waals surface area contributed by atoms with Crippen molar-refractivity contribution in [3.8, 4) is 0 Å². The lowest BCUT2D eigenvalue weighted by Crippen LogP contribution is -2.60. The molecule has 1 aromatic heterocycles. The second kappa shape index (κ2) is 31.5. The molecule has 64 heavy (non-hydrogen) atoms. The number of aromatic nitrogens is 1. The van der Waals surface area contributed by atoms with Crippen molar-refractivity contribution in [2.75, 3.05) is 83.8 Å². The topological polar surface area (TPSA) is 124 Å². The van der Waals surface area contributed by atoms with Crippen LogP contribution in [-0.4, -0.2) is 124 Å². The van der Waals surface area contributed by atoms with Crippen LogP contribution < -0.4 is 5.19 Å². The smallest absolute Gasteiger partial charge is 0.377 e. The summed E-state index contributed by atoms with van der Waals surface area (Å²) in [6.07, 6.45) is -1.08. The summed E-state index contributed by atoms with van der Waals surface area (Å²) >= 11 is 0. The molecule has 0 amide bonds. The fourth-order valence-corrected chi connectivity index (χ4v) is 13.5. The monoisotopic (exact) mass is 997 g/mol. The molecule has 0 saturated carbocycles. The maximum Gasteiger partial charge on any atom is 0.543 e. The number of benzene rings is 2. The summed E-state index contributed by atoms with van der Waals surface area (Å²) in [5.74, 6) is -9.65. The van der Waals surface area contributed by atoms with Gasteiger partial charge in [0.05, 0.1) is 5.19 Å². The van der Waals surface area contributed by atoms with Gasteiger partial charge in [0, 0.05) is 114 Å². The van der Waals surface area contributed by atoms with Crippen LogP contribution in [0.5, 0.6) is 0 Å². The summed E-state index contributed by atoms with van der Waals surface area (Å²) in [6.45, 7) is 5.63. The Balaban J connectivity index is 0.000000869. The van der Waals surface area contributed by atoms with E-state index in [0.29, 0.717) is 0 Å². The van der Waals surface area contributed by atoms with Crippen LogP contribution in [0.3, 0.4) is 0 Å². The molecule has 0 unspecified atom stereocenters. The van der Waals surface area contributed by atoms with Gasteiger partial charge in [-0.05, 0) is 51.3 Å². The third kappa shape index (κ3) is 18.6. The van der Waals surface area contributed by atoms with Gasteiger partial charge in [-0.1, -0.05) is 49.7 Å². The van der Waals surface area contributed by atoms with Crippen LogP contribution in [0.25, 0.3) is 0 Å². The highest BCUT2D eigenvalue weighted by atomic mass is 28.4. The lowest BCUT2D eigenvalue weighted by molar-refractivity contribution is -0.143. The van der Waals surface area contributed by atoms with E-state index < -0.39 is 75.4 Å². The van der Waals surface area contributed by atoms with E-state index >= 15 is 0 Å². The number of halogens is 7. The van der Waals surface area contributed by atoms with E-state index in [1.54, 1.807) is 70.2 Å². The fraction of sp³-hybridized carbons (Fsp3) is 0.575. The van der Waals surface area contributed by atoms with Gasteiger partial charge < -0.3 is 53.1 Å². The molecule has 0 atom stereocenters. The Morgan fingerprint density at radius 1 is 0.484 bits per heavy atom. The molecule has 0 radical (unpaired) electrons. The lowest BCUT2D eigenvalue weighted by atomic mass is 10.1. The summed E-state index contributed by atoms with van der Waals surface area (Å²) < 4.78 is 157. The summed E-state index contributed by atoms with van der Waals surface area (Å²) in [4.78, 5) is 4.24. The molecule has 13 nitrogen and oxygen atoms in total. The van der Waals surface area contributed by atoms with E-state index in [-0.39, 0.29) is 19.8 Å². The Labute approximate surface area is 378 Å². The molecule has 24 heteroatoms. The summed E-state index contributed by atoms with van der Waals surface area (Å²) in [5, 5.41) is -1.42. The average molecular weight is 998 g/mol. The minimum atomic E-state index is -5.62. The SMILES string of the molecule is CCC[Si](OC)(OC)OC.CCO[Si](OCC)(OCC)c1c(F)c(F)c(C(F)(F)F)c(F)c1F.CO[Si](CCc1ccccc1)(OC)OC.CO[Si](CCc1ccccn1)(OC)OC. The van der Waals surface area contributed by atoms with E-state index in [0.717, 1.165) is 43.1 Å². The van der Waals surface area contributed by atoms with Gasteiger partial charge in [-0.15, -0.1) is 0 Å². The highest BCUT2D eigenvalue weighted by Crippen LogP contribution is 2.36. The van der Waals surface area contributed by atoms with Crippen LogP contribution in [0, 0.1) is 23.3 Å². The minimum Gasteiger partial charge on any atom is -0.377 e. The number of hydrogen-bond acceptors (Lipinski definition) is 13. The predicted octanol–water partition coefficient (Wildman–Crippen LogP) is 8.40. The number of pyridine rings is 1. The number of alkyl halides is 3. The first-order valence-electron chi connectivity index (χ1n) is 20.1. The van der Waals surface area contributed by atoms with E-state index in [9.17, 15) is 30.7 Å². The average Bonchev–Trinajstić information content (AvgIpc) is 3.30. The van der Waals surface area contributed by atoms with Crippen molar-refractivity contribution in [1.82, 2.24) is 4.98 Å². The molecule has 0 aliphatic carbocycles. The first kappa shape index (κ1) is 61.5. The number of aryl methyl sites for hydroxylation is 2. The first-order valence-corrected chi connectivity index (χ1v) is 27.6. The zero-order valence-corrected chi connectivity index (χ0v) is 43.1. The molecule has 0 N–H and O–H groups in total. The van der Waals surface area contributed by atoms with Crippen molar-refractivity contribution in [2.45, 2.75) is 71.3 Å². The number of rotatable bonds is 24. The Bertz CT molecular complexity index is 1560. The maximum absolute atomic E-state index is 14.2. The van der Waals surface area contributed by atoms with E-state index in [4.69, 9.17) is 53.1 Å². The van der Waals surface area contributed by atoms with Crippen molar-refractivity contribution >= 4 is 40.4 Å². The first-order chi connectivity index (χ1) is 30.3. The van der Waals surface area contributed by atoms with Crippen molar-refractivity contribution in [3.63, 3.8) is 0 Å². The van der Waals surface area contributed by atoms with Crippen LogP contribution in [0.1, 0.15) is 50.9 Å². The van der Waals surface area contributed by atoms with Crippen LogP contribution in [0.2, 0.25) is 18.1 Å². The molecule has 0 aliphatic heterocycles. The Kier molecular flexibility index (Phi) is 30.2. The molecule has 1 heterocycles. The Hall–Kier alpha value is -2.51. The van der Waals surface area contributed by atoms with Gasteiger partial charge in [-0.25, -0.2) is 17.6 Å². The largest absolute Gasteiger partial charge is 0.543 e. The fourth-order valence-electron chi connectivity index (χ4n) is 5.80. The molecule has 368 valence electrons. The van der Waals surface area contributed by atoms with E-state index in [2.05, 4.69) is 24.0 Å². The van der Waals surface area contributed by atoms with Crippen LogP contribution in [0.4, 0.5) is 30.7 Å². The zero-order chi connectivity index (χ0) is 49.0. The molecule has 0 bridgehead atoms. The third-order valence-corrected chi connectivity index (χ3v) is 20.7. The highest BCUT2D eigenvalue weighted by Gasteiger charge is 2.53.